The van der Waals surface area contributed by atoms with Gasteiger partial charge in [-0.25, -0.2) is 0 Å². The van der Waals surface area contributed by atoms with Crippen molar-refractivity contribution in [2.45, 2.75) is 20.3 Å². The zero-order chi connectivity index (χ0) is 17.7. The Hall–Kier alpha value is -2.88. The molecule has 1 aliphatic rings. The fraction of sp³-hybridized carbons (Fsp3) is 0.238. The van der Waals surface area contributed by atoms with Gasteiger partial charge in [0.15, 0.2) is 0 Å². The van der Waals surface area contributed by atoms with Crippen LogP contribution in [0.3, 0.4) is 0 Å². The van der Waals surface area contributed by atoms with Crippen LogP contribution in [0.4, 0.5) is 0 Å². The quantitative estimate of drug-likeness (QED) is 0.687. The average Bonchev–Trinajstić information content (AvgIpc) is 3.02. The van der Waals surface area contributed by atoms with Gasteiger partial charge in [-0.1, -0.05) is 23.8 Å². The molecule has 0 saturated carbocycles. The maximum atomic E-state index is 12.7. The highest BCUT2D eigenvalue weighted by atomic mass is 16.2. The summed E-state index contributed by atoms with van der Waals surface area (Å²) in [6.45, 7) is 4.35. The van der Waals surface area contributed by atoms with Crippen LogP contribution in [0.5, 0.6) is 0 Å². The standard InChI is InChI=1S/C21H20N2O2/c1-13-7-8-18-17(11-13)15(12-22(18)3)9-10-23-20(24)16-6-4-5-14(2)19(16)21(23)25/h4-8,11-12H,9-10H2,1-3H3. The third kappa shape index (κ3) is 2.37. The van der Waals surface area contributed by atoms with Crippen molar-refractivity contribution in [2.24, 2.45) is 7.05 Å². The van der Waals surface area contributed by atoms with Gasteiger partial charge < -0.3 is 4.57 Å². The molecule has 0 N–H and O–H groups in total. The zero-order valence-corrected chi connectivity index (χ0v) is 14.7. The van der Waals surface area contributed by atoms with Crippen molar-refractivity contribution in [3.05, 3.63) is 70.4 Å². The molecule has 1 aliphatic heterocycles. The van der Waals surface area contributed by atoms with Gasteiger partial charge in [-0.3, -0.25) is 14.5 Å². The molecule has 0 spiro atoms. The summed E-state index contributed by atoms with van der Waals surface area (Å²) in [5.41, 5.74) is 5.48. The molecule has 126 valence electrons. The predicted molar refractivity (Wildman–Crippen MR) is 97.9 cm³/mol. The van der Waals surface area contributed by atoms with Gasteiger partial charge >= 0.3 is 0 Å². The molecule has 0 radical (unpaired) electrons. The Bertz CT molecular complexity index is 1030. The van der Waals surface area contributed by atoms with Crippen LogP contribution < -0.4 is 0 Å². The van der Waals surface area contributed by atoms with E-state index >= 15 is 0 Å². The van der Waals surface area contributed by atoms with Crippen LogP contribution in [0.1, 0.15) is 37.4 Å². The van der Waals surface area contributed by atoms with Crippen LogP contribution in [-0.4, -0.2) is 27.8 Å². The van der Waals surface area contributed by atoms with Gasteiger partial charge in [0.2, 0.25) is 0 Å². The van der Waals surface area contributed by atoms with Crippen LogP contribution in [-0.2, 0) is 13.5 Å². The zero-order valence-electron chi connectivity index (χ0n) is 14.7. The van der Waals surface area contributed by atoms with E-state index in [0.29, 0.717) is 24.1 Å². The molecule has 4 heteroatoms. The molecule has 0 aliphatic carbocycles. The van der Waals surface area contributed by atoms with E-state index in [1.165, 1.54) is 21.4 Å². The number of benzene rings is 2. The summed E-state index contributed by atoms with van der Waals surface area (Å²) in [6, 6.07) is 11.8. The number of carbonyl (C=O) groups excluding carboxylic acids is 2. The molecule has 4 nitrogen and oxygen atoms in total. The average molecular weight is 332 g/mol. The molecule has 1 aromatic heterocycles. The molecule has 2 heterocycles. The maximum Gasteiger partial charge on any atom is 0.261 e. The third-order valence-electron chi connectivity index (χ3n) is 5.04. The highest BCUT2D eigenvalue weighted by Gasteiger charge is 2.36. The van der Waals surface area contributed by atoms with Gasteiger partial charge in [0.25, 0.3) is 11.8 Å². The molecule has 0 bridgehead atoms. The molecule has 2 amide bonds. The fourth-order valence-corrected chi connectivity index (χ4v) is 3.72. The summed E-state index contributed by atoms with van der Waals surface area (Å²) >= 11 is 0. The van der Waals surface area contributed by atoms with Crippen LogP contribution >= 0.6 is 0 Å². The Morgan fingerprint density at radius 3 is 2.56 bits per heavy atom. The van der Waals surface area contributed by atoms with Gasteiger partial charge in [-0.05, 0) is 49.6 Å². The highest BCUT2D eigenvalue weighted by molar-refractivity contribution is 6.22. The highest BCUT2D eigenvalue weighted by Crippen LogP contribution is 2.27. The van der Waals surface area contributed by atoms with Crippen molar-refractivity contribution in [2.75, 3.05) is 6.54 Å². The Morgan fingerprint density at radius 1 is 1.00 bits per heavy atom. The first-order valence-corrected chi connectivity index (χ1v) is 8.47. The number of rotatable bonds is 3. The summed E-state index contributed by atoms with van der Waals surface area (Å²) < 4.78 is 2.09. The van der Waals surface area contributed by atoms with Crippen molar-refractivity contribution >= 4 is 22.7 Å². The Morgan fingerprint density at radius 2 is 1.80 bits per heavy atom. The van der Waals surface area contributed by atoms with E-state index in [1.54, 1.807) is 6.07 Å². The van der Waals surface area contributed by atoms with E-state index in [-0.39, 0.29) is 11.8 Å². The molecular weight excluding hydrogens is 312 g/mol. The van der Waals surface area contributed by atoms with Crippen molar-refractivity contribution in [3.63, 3.8) is 0 Å². The predicted octanol–water partition coefficient (Wildman–Crippen LogP) is 3.63. The largest absolute Gasteiger partial charge is 0.350 e. The summed E-state index contributed by atoms with van der Waals surface area (Å²) in [5, 5.41) is 1.19. The lowest BCUT2D eigenvalue weighted by molar-refractivity contribution is 0.0656. The van der Waals surface area contributed by atoms with Crippen molar-refractivity contribution < 1.29 is 9.59 Å². The molecule has 0 atom stereocenters. The van der Waals surface area contributed by atoms with Gasteiger partial charge in [0, 0.05) is 30.7 Å². The second kappa shape index (κ2) is 5.59. The minimum absolute atomic E-state index is 0.172. The summed E-state index contributed by atoms with van der Waals surface area (Å²) in [6.07, 6.45) is 2.75. The molecule has 25 heavy (non-hydrogen) atoms. The van der Waals surface area contributed by atoms with Crippen molar-refractivity contribution in [1.82, 2.24) is 9.47 Å². The van der Waals surface area contributed by atoms with E-state index in [9.17, 15) is 9.59 Å². The van der Waals surface area contributed by atoms with E-state index in [0.717, 1.165) is 11.1 Å². The summed E-state index contributed by atoms with van der Waals surface area (Å²) in [7, 11) is 2.02. The Balaban J connectivity index is 1.63. The Kier molecular flexibility index (Phi) is 3.49. The number of hydrogen-bond acceptors (Lipinski definition) is 2. The van der Waals surface area contributed by atoms with E-state index < -0.39 is 0 Å². The number of nitrogens with zero attached hydrogens (tertiary/aromatic N) is 2. The first-order valence-electron chi connectivity index (χ1n) is 8.47. The molecule has 2 aromatic carbocycles. The van der Waals surface area contributed by atoms with Gasteiger partial charge in [0.1, 0.15) is 0 Å². The number of fused-ring (bicyclic) bond motifs is 2. The fourth-order valence-electron chi connectivity index (χ4n) is 3.72. The smallest absolute Gasteiger partial charge is 0.261 e. The Labute approximate surface area is 146 Å². The first-order chi connectivity index (χ1) is 12.0. The van der Waals surface area contributed by atoms with Crippen LogP contribution in [0, 0.1) is 13.8 Å². The molecule has 0 unspecified atom stereocenters. The lowest BCUT2D eigenvalue weighted by Gasteiger charge is -2.13. The van der Waals surface area contributed by atoms with Gasteiger partial charge in [-0.15, -0.1) is 0 Å². The van der Waals surface area contributed by atoms with E-state index in [1.807, 2.05) is 26.1 Å². The second-order valence-electron chi connectivity index (χ2n) is 6.80. The lowest BCUT2D eigenvalue weighted by atomic mass is 10.0. The minimum atomic E-state index is -0.180. The summed E-state index contributed by atoms with van der Waals surface area (Å²) in [4.78, 5) is 26.7. The van der Waals surface area contributed by atoms with Gasteiger partial charge in [0.05, 0.1) is 11.1 Å². The topological polar surface area (TPSA) is 42.3 Å². The number of imide groups is 1. The third-order valence-corrected chi connectivity index (χ3v) is 5.04. The second-order valence-corrected chi connectivity index (χ2v) is 6.80. The normalized spacial score (nSPS) is 13.8. The molecule has 0 saturated heterocycles. The lowest BCUT2D eigenvalue weighted by Crippen LogP contribution is -2.31. The molecular formula is C21H20N2O2. The maximum absolute atomic E-state index is 12.7. The number of aromatic nitrogens is 1. The van der Waals surface area contributed by atoms with Crippen LogP contribution in [0.2, 0.25) is 0 Å². The minimum Gasteiger partial charge on any atom is -0.350 e. The molecule has 0 fully saturated rings. The van der Waals surface area contributed by atoms with Gasteiger partial charge in [-0.2, -0.15) is 0 Å². The SMILES string of the molecule is Cc1ccc2c(c1)c(CCN1C(=O)c3cccc(C)c3C1=O)cn2C. The van der Waals surface area contributed by atoms with Crippen molar-refractivity contribution in [1.29, 1.82) is 0 Å². The number of hydrogen-bond donors (Lipinski definition) is 0. The summed E-state index contributed by atoms with van der Waals surface area (Å²) in [5.74, 6) is -0.352. The van der Waals surface area contributed by atoms with Crippen LogP contribution in [0.25, 0.3) is 10.9 Å². The van der Waals surface area contributed by atoms with E-state index in [2.05, 4.69) is 35.9 Å². The molecule has 4 rings (SSSR count). The van der Waals surface area contributed by atoms with E-state index in [4.69, 9.17) is 0 Å². The van der Waals surface area contributed by atoms with Crippen LogP contribution in [0.15, 0.2) is 42.6 Å². The molecule has 3 aromatic rings. The number of aryl methyl sites for hydroxylation is 3. The monoisotopic (exact) mass is 332 g/mol. The first kappa shape index (κ1) is 15.6. The number of amides is 2. The number of carbonyl (C=O) groups is 2. The van der Waals surface area contributed by atoms with Crippen molar-refractivity contribution in [3.8, 4) is 0 Å².